The molecule has 2 aromatic carbocycles. The number of nitrogens with zero attached hydrogens (tertiary/aromatic N) is 3. The van der Waals surface area contributed by atoms with Gasteiger partial charge < -0.3 is 9.64 Å². The van der Waals surface area contributed by atoms with Crippen LogP contribution in [0.15, 0.2) is 54.9 Å². The van der Waals surface area contributed by atoms with Gasteiger partial charge in [-0.3, -0.25) is 9.48 Å². The van der Waals surface area contributed by atoms with Crippen LogP contribution in [0.2, 0.25) is 0 Å². The van der Waals surface area contributed by atoms with E-state index >= 15 is 0 Å². The molecule has 0 atom stereocenters. The Balaban J connectivity index is 1.27. The van der Waals surface area contributed by atoms with Gasteiger partial charge in [-0.2, -0.15) is 5.10 Å². The number of carbonyl (C=O) groups is 1. The fourth-order valence-corrected chi connectivity index (χ4v) is 7.97. The Bertz CT molecular complexity index is 1360. The molecule has 3 aromatic rings. The zero-order valence-electron chi connectivity index (χ0n) is 25.5. The quantitative estimate of drug-likeness (QED) is 0.280. The van der Waals surface area contributed by atoms with E-state index in [4.69, 9.17) is 4.74 Å². The molecule has 0 aliphatic heterocycles. The molecule has 5 nitrogen and oxygen atoms in total. The first-order valence-electron chi connectivity index (χ1n) is 15.9. The third-order valence-electron chi connectivity index (χ3n) is 10.7. The van der Waals surface area contributed by atoms with E-state index in [1.807, 2.05) is 10.9 Å². The highest BCUT2D eigenvalue weighted by atomic mass is 16.5. The van der Waals surface area contributed by atoms with Crippen LogP contribution < -0.4 is 9.64 Å². The van der Waals surface area contributed by atoms with Crippen LogP contribution in [0.5, 0.6) is 5.75 Å². The van der Waals surface area contributed by atoms with Gasteiger partial charge in [0.25, 0.3) is 0 Å². The summed E-state index contributed by atoms with van der Waals surface area (Å²) >= 11 is 0. The Labute approximate surface area is 246 Å². The Kier molecular flexibility index (Phi) is 7.74. The minimum absolute atomic E-state index is 0.154. The fraction of sp³-hybridized carbons (Fsp3) is 0.556. The summed E-state index contributed by atoms with van der Waals surface area (Å²) in [6.07, 6.45) is 16.9. The lowest BCUT2D eigenvalue weighted by atomic mass is 9.51. The molecule has 4 saturated carbocycles. The van der Waals surface area contributed by atoms with Crippen LogP contribution >= 0.6 is 0 Å². The molecule has 0 unspecified atom stereocenters. The van der Waals surface area contributed by atoms with Crippen LogP contribution in [0.4, 0.5) is 5.69 Å². The van der Waals surface area contributed by atoms with Crippen LogP contribution in [-0.2, 0) is 10.2 Å². The molecule has 0 N–H and O–H groups in total. The lowest BCUT2D eigenvalue weighted by Gasteiger charge is -2.55. The molecule has 4 aliphatic rings. The minimum Gasteiger partial charge on any atom is -0.496 e. The summed E-state index contributed by atoms with van der Waals surface area (Å²) in [6.45, 7) is 7.30. The summed E-state index contributed by atoms with van der Waals surface area (Å²) in [5.41, 5.74) is 6.48. The van der Waals surface area contributed by atoms with E-state index in [9.17, 15) is 4.79 Å². The molecule has 218 valence electrons. The topological polar surface area (TPSA) is 47.4 Å². The average Bonchev–Trinajstić information content (AvgIpc) is 3.52. The fourth-order valence-electron chi connectivity index (χ4n) is 7.97. The van der Waals surface area contributed by atoms with Gasteiger partial charge in [0.05, 0.1) is 13.3 Å². The number of aromatic nitrogens is 2. The zero-order chi connectivity index (χ0) is 28.6. The number of amides is 1. The molecule has 5 heteroatoms. The second-order valence-electron chi connectivity index (χ2n) is 13.6. The number of anilines is 1. The molecule has 7 rings (SSSR count). The summed E-state index contributed by atoms with van der Waals surface area (Å²) in [5.74, 6) is 1.48. The second-order valence-corrected chi connectivity index (χ2v) is 13.6. The van der Waals surface area contributed by atoms with Gasteiger partial charge in [0.2, 0.25) is 5.91 Å². The van der Waals surface area contributed by atoms with Crippen molar-refractivity contribution >= 4 is 11.6 Å². The van der Waals surface area contributed by atoms with Crippen molar-refractivity contribution in [2.24, 2.45) is 11.3 Å². The molecule has 4 aliphatic carbocycles. The minimum atomic E-state index is 0.154. The maximum atomic E-state index is 14.3. The van der Waals surface area contributed by atoms with E-state index in [1.54, 1.807) is 7.11 Å². The number of rotatable bonds is 8. The van der Waals surface area contributed by atoms with Gasteiger partial charge in [-0.25, -0.2) is 0 Å². The molecule has 1 aromatic heterocycles. The first-order valence-corrected chi connectivity index (χ1v) is 15.9. The molecule has 0 saturated heterocycles. The highest BCUT2D eigenvalue weighted by Gasteiger charge is 2.50. The van der Waals surface area contributed by atoms with Gasteiger partial charge >= 0.3 is 0 Å². The summed E-state index contributed by atoms with van der Waals surface area (Å²) in [4.78, 5) is 16.5. The van der Waals surface area contributed by atoms with Crippen LogP contribution in [0.3, 0.4) is 0 Å². The van der Waals surface area contributed by atoms with E-state index < -0.39 is 0 Å². The molecule has 1 heterocycles. The zero-order valence-corrected chi connectivity index (χ0v) is 25.5. The van der Waals surface area contributed by atoms with Gasteiger partial charge in [0.1, 0.15) is 5.75 Å². The monoisotopic (exact) mass is 553 g/mol. The van der Waals surface area contributed by atoms with E-state index in [2.05, 4.69) is 79.4 Å². The van der Waals surface area contributed by atoms with E-state index in [-0.39, 0.29) is 16.7 Å². The number of carbonyl (C=O) groups excluding carboxylic acids is 1. The van der Waals surface area contributed by atoms with Crippen molar-refractivity contribution in [1.82, 2.24) is 9.78 Å². The predicted molar refractivity (Wildman–Crippen MR) is 167 cm³/mol. The highest BCUT2D eigenvalue weighted by Crippen LogP contribution is 2.58. The molecule has 0 radical (unpaired) electrons. The van der Waals surface area contributed by atoms with E-state index in [1.165, 1.54) is 68.9 Å². The van der Waals surface area contributed by atoms with Crippen molar-refractivity contribution in [1.29, 1.82) is 0 Å². The Morgan fingerprint density at radius 3 is 2.37 bits per heavy atom. The van der Waals surface area contributed by atoms with Gasteiger partial charge in [0, 0.05) is 36.0 Å². The second kappa shape index (κ2) is 11.3. The average molecular weight is 554 g/mol. The summed E-state index contributed by atoms with van der Waals surface area (Å²) in [5, 5.41) is 4.57. The van der Waals surface area contributed by atoms with Crippen molar-refractivity contribution in [3.8, 4) is 16.9 Å². The molecule has 4 fully saturated rings. The van der Waals surface area contributed by atoms with Crippen LogP contribution in [0, 0.1) is 18.3 Å². The van der Waals surface area contributed by atoms with Crippen molar-refractivity contribution in [3.63, 3.8) is 0 Å². The van der Waals surface area contributed by atoms with Crippen LogP contribution in [0.1, 0.15) is 102 Å². The van der Waals surface area contributed by atoms with Gasteiger partial charge in [-0.15, -0.1) is 0 Å². The van der Waals surface area contributed by atoms with Crippen LogP contribution in [0.25, 0.3) is 11.1 Å². The third kappa shape index (κ3) is 5.45. The number of benzene rings is 2. The van der Waals surface area contributed by atoms with Crippen LogP contribution in [-0.4, -0.2) is 29.3 Å². The first kappa shape index (κ1) is 28.1. The predicted octanol–water partition coefficient (Wildman–Crippen LogP) is 8.65. The summed E-state index contributed by atoms with van der Waals surface area (Å²) in [7, 11) is 1.75. The maximum absolute atomic E-state index is 14.3. The SMILES string of the molecule is COc1ccc(C23CCC(CN(C(=O)C4CCCCC4)c4cccc(-c5cnn(C(C)C)c5)c4)(CC2)CC3)cc1C. The van der Waals surface area contributed by atoms with Gasteiger partial charge in [-0.1, -0.05) is 43.5 Å². The number of hydrogen-bond donors (Lipinski definition) is 0. The molecule has 1 amide bonds. The first-order chi connectivity index (χ1) is 19.8. The van der Waals surface area contributed by atoms with Crippen molar-refractivity contribution in [3.05, 3.63) is 66.0 Å². The van der Waals surface area contributed by atoms with E-state index in [0.717, 1.165) is 42.0 Å². The summed E-state index contributed by atoms with van der Waals surface area (Å²) < 4.78 is 7.55. The highest BCUT2D eigenvalue weighted by molar-refractivity contribution is 5.96. The van der Waals surface area contributed by atoms with E-state index in [0.29, 0.717) is 11.9 Å². The number of fused-ring (bicyclic) bond motifs is 3. The number of ether oxygens (including phenoxy) is 1. The number of hydrogen-bond acceptors (Lipinski definition) is 3. The third-order valence-corrected chi connectivity index (χ3v) is 10.7. The normalized spacial score (nSPS) is 24.5. The lowest BCUT2D eigenvalue weighted by molar-refractivity contribution is -0.124. The number of methoxy groups -OCH3 is 1. The summed E-state index contributed by atoms with van der Waals surface area (Å²) in [6, 6.07) is 15.8. The Hall–Kier alpha value is -3.08. The van der Waals surface area contributed by atoms with Gasteiger partial charge in [0.15, 0.2) is 0 Å². The smallest absolute Gasteiger partial charge is 0.230 e. The molecular weight excluding hydrogens is 506 g/mol. The largest absolute Gasteiger partial charge is 0.496 e. The molecular formula is C36H47N3O2. The van der Waals surface area contributed by atoms with Crippen molar-refractivity contribution < 1.29 is 9.53 Å². The Morgan fingerprint density at radius 2 is 1.73 bits per heavy atom. The Morgan fingerprint density at radius 1 is 1.00 bits per heavy atom. The van der Waals surface area contributed by atoms with Crippen molar-refractivity contribution in [2.75, 3.05) is 18.6 Å². The lowest BCUT2D eigenvalue weighted by Crippen LogP contribution is -2.51. The molecule has 41 heavy (non-hydrogen) atoms. The molecule has 0 spiro atoms. The van der Waals surface area contributed by atoms with Gasteiger partial charge in [-0.05, 0) is 118 Å². The molecule has 2 bridgehead atoms. The van der Waals surface area contributed by atoms with Crippen molar-refractivity contribution in [2.45, 2.75) is 103 Å². The maximum Gasteiger partial charge on any atom is 0.230 e. The number of aryl methyl sites for hydroxylation is 1. The standard InChI is InChI=1S/C36H47N3O2/c1-26(2)39-24-30(23-37-39)29-11-8-12-32(22-29)38(34(40)28-9-6-5-7-10-28)25-35-15-18-36(19-16-35,20-17-35)31-13-14-33(41-4)27(3)21-31/h8,11-14,21-24,26,28H,5-7,9-10,15-20,25H2,1-4H3.